The highest BCUT2D eigenvalue weighted by molar-refractivity contribution is 9.10. The quantitative estimate of drug-likeness (QED) is 0.910. The largest absolute Gasteiger partial charge is 0.376 e. The Morgan fingerprint density at radius 1 is 1.39 bits per heavy atom. The number of halogens is 1. The maximum absolute atomic E-state index is 5.87. The van der Waals surface area contributed by atoms with Gasteiger partial charge in [-0.3, -0.25) is 0 Å². The van der Waals surface area contributed by atoms with Crippen molar-refractivity contribution in [2.24, 2.45) is 0 Å². The highest BCUT2D eigenvalue weighted by Crippen LogP contribution is 2.31. The fourth-order valence-corrected chi connectivity index (χ4v) is 3.12. The molecule has 1 aromatic carbocycles. The van der Waals surface area contributed by atoms with Crippen molar-refractivity contribution in [3.05, 3.63) is 33.3 Å². The number of nitrogens with one attached hydrogen (secondary N) is 1. The van der Waals surface area contributed by atoms with Crippen molar-refractivity contribution in [3.63, 3.8) is 0 Å². The molecule has 0 radical (unpaired) electrons. The lowest BCUT2D eigenvalue weighted by atomic mass is 9.94. The number of benzene rings is 1. The number of ether oxygens (including phenoxy) is 1. The van der Waals surface area contributed by atoms with Gasteiger partial charge in [0.05, 0.1) is 12.1 Å². The van der Waals surface area contributed by atoms with Crippen molar-refractivity contribution >= 4 is 15.9 Å². The monoisotopic (exact) mass is 311 g/mol. The van der Waals surface area contributed by atoms with Gasteiger partial charge in [0, 0.05) is 11.1 Å². The van der Waals surface area contributed by atoms with E-state index in [9.17, 15) is 0 Å². The maximum atomic E-state index is 5.87. The van der Waals surface area contributed by atoms with Crippen LogP contribution in [-0.4, -0.2) is 19.3 Å². The number of hydrogen-bond acceptors (Lipinski definition) is 2. The summed E-state index contributed by atoms with van der Waals surface area (Å²) in [7, 11) is 0. The third-order valence-corrected chi connectivity index (χ3v) is 4.50. The van der Waals surface area contributed by atoms with E-state index in [4.69, 9.17) is 4.74 Å². The molecule has 0 aromatic heterocycles. The van der Waals surface area contributed by atoms with Crippen molar-refractivity contribution in [2.75, 3.05) is 13.2 Å². The van der Waals surface area contributed by atoms with E-state index >= 15 is 0 Å². The van der Waals surface area contributed by atoms with Crippen LogP contribution in [0.25, 0.3) is 0 Å². The van der Waals surface area contributed by atoms with Gasteiger partial charge in [0.15, 0.2) is 0 Å². The Hall–Kier alpha value is -0.380. The second-order valence-electron chi connectivity index (χ2n) is 5.04. The second-order valence-corrected chi connectivity index (χ2v) is 5.90. The van der Waals surface area contributed by atoms with Gasteiger partial charge in [-0.25, -0.2) is 0 Å². The smallest absolute Gasteiger partial charge is 0.0770 e. The third-order valence-electron chi connectivity index (χ3n) is 3.64. The van der Waals surface area contributed by atoms with E-state index < -0.39 is 0 Å². The molecule has 0 saturated carbocycles. The molecule has 18 heavy (non-hydrogen) atoms. The molecule has 1 N–H and O–H groups in total. The van der Waals surface area contributed by atoms with Crippen LogP contribution in [-0.2, 0) is 4.74 Å². The molecule has 0 spiro atoms. The first-order valence-corrected chi connectivity index (χ1v) is 7.54. The first-order chi connectivity index (χ1) is 8.63. The van der Waals surface area contributed by atoms with Gasteiger partial charge in [-0.05, 0) is 56.0 Å². The van der Waals surface area contributed by atoms with Gasteiger partial charge >= 0.3 is 0 Å². The fraction of sp³-hybridized carbons (Fsp3) is 0.600. The number of rotatable bonds is 4. The molecular weight excluding hydrogens is 290 g/mol. The molecule has 2 unspecified atom stereocenters. The first kappa shape index (κ1) is 14.0. The highest BCUT2D eigenvalue weighted by atomic mass is 79.9. The molecule has 3 heteroatoms. The fourth-order valence-electron chi connectivity index (χ4n) is 2.67. The zero-order valence-corrected chi connectivity index (χ0v) is 13.0. The summed E-state index contributed by atoms with van der Waals surface area (Å²) in [5.74, 6) is 0. The average Bonchev–Trinajstić information content (AvgIpc) is 2.85. The van der Waals surface area contributed by atoms with Crippen LogP contribution < -0.4 is 5.32 Å². The Balaban J connectivity index is 2.32. The van der Waals surface area contributed by atoms with Gasteiger partial charge in [-0.1, -0.05) is 28.9 Å². The van der Waals surface area contributed by atoms with Crippen molar-refractivity contribution < 1.29 is 4.74 Å². The molecule has 1 aliphatic heterocycles. The predicted molar refractivity (Wildman–Crippen MR) is 79.0 cm³/mol. The van der Waals surface area contributed by atoms with E-state index in [1.807, 2.05) is 0 Å². The van der Waals surface area contributed by atoms with Crippen LogP contribution >= 0.6 is 15.9 Å². The molecule has 1 heterocycles. The summed E-state index contributed by atoms with van der Waals surface area (Å²) >= 11 is 3.60. The highest BCUT2D eigenvalue weighted by Gasteiger charge is 2.27. The summed E-state index contributed by atoms with van der Waals surface area (Å²) in [5, 5.41) is 3.59. The number of likely N-dealkylation sites (N-methyl/N-ethyl adjacent to an activating group) is 1. The first-order valence-electron chi connectivity index (χ1n) is 6.75. The summed E-state index contributed by atoms with van der Waals surface area (Å²) in [4.78, 5) is 0. The summed E-state index contributed by atoms with van der Waals surface area (Å²) in [6.45, 7) is 8.35. The van der Waals surface area contributed by atoms with Gasteiger partial charge in [-0.2, -0.15) is 0 Å². The Kier molecular flexibility index (Phi) is 4.82. The van der Waals surface area contributed by atoms with E-state index in [1.165, 1.54) is 27.6 Å². The molecule has 1 aromatic rings. The summed E-state index contributed by atoms with van der Waals surface area (Å²) in [5.41, 5.74) is 4.00. The lowest BCUT2D eigenvalue weighted by Crippen LogP contribution is -2.32. The SMILES string of the molecule is CCNC(c1cc(C)c(Br)cc1C)C1CCCO1. The molecule has 2 rings (SSSR count). The second kappa shape index (κ2) is 6.18. The van der Waals surface area contributed by atoms with Gasteiger partial charge < -0.3 is 10.1 Å². The summed E-state index contributed by atoms with van der Waals surface area (Å²) < 4.78 is 7.06. The Bertz CT molecular complexity index is 413. The topological polar surface area (TPSA) is 21.3 Å². The van der Waals surface area contributed by atoms with Crippen LogP contribution in [0.2, 0.25) is 0 Å². The Morgan fingerprint density at radius 2 is 2.17 bits per heavy atom. The summed E-state index contributed by atoms with van der Waals surface area (Å²) in [6, 6.07) is 4.82. The molecule has 0 aliphatic carbocycles. The van der Waals surface area contributed by atoms with Crippen LogP contribution in [0.15, 0.2) is 16.6 Å². The predicted octanol–water partition coefficient (Wildman–Crippen LogP) is 3.90. The van der Waals surface area contributed by atoms with Crippen LogP contribution in [0.3, 0.4) is 0 Å². The molecule has 1 fully saturated rings. The van der Waals surface area contributed by atoms with E-state index in [0.717, 1.165) is 19.6 Å². The van der Waals surface area contributed by atoms with Crippen LogP contribution in [0, 0.1) is 13.8 Å². The lowest BCUT2D eigenvalue weighted by molar-refractivity contribution is 0.0786. The van der Waals surface area contributed by atoms with Crippen molar-refractivity contribution in [1.29, 1.82) is 0 Å². The number of aryl methyl sites for hydroxylation is 2. The molecule has 1 aliphatic rings. The molecule has 0 bridgehead atoms. The standard InChI is InChI=1S/C15H22BrNO/c1-4-17-15(14-6-5-7-18-14)12-8-11(3)13(16)9-10(12)2/h8-9,14-15,17H,4-7H2,1-3H3. The van der Waals surface area contributed by atoms with Crippen molar-refractivity contribution in [3.8, 4) is 0 Å². The van der Waals surface area contributed by atoms with Crippen LogP contribution in [0.4, 0.5) is 0 Å². The van der Waals surface area contributed by atoms with E-state index in [0.29, 0.717) is 12.1 Å². The van der Waals surface area contributed by atoms with Gasteiger partial charge in [-0.15, -0.1) is 0 Å². The minimum Gasteiger partial charge on any atom is -0.376 e. The summed E-state index contributed by atoms with van der Waals surface area (Å²) in [6.07, 6.45) is 2.66. The van der Waals surface area contributed by atoms with Crippen LogP contribution in [0.5, 0.6) is 0 Å². The van der Waals surface area contributed by atoms with Gasteiger partial charge in [0.25, 0.3) is 0 Å². The normalized spacial score (nSPS) is 21.2. The van der Waals surface area contributed by atoms with Gasteiger partial charge in [0.1, 0.15) is 0 Å². The average molecular weight is 312 g/mol. The van der Waals surface area contributed by atoms with E-state index in [2.05, 4.69) is 54.2 Å². The molecular formula is C15H22BrNO. The zero-order chi connectivity index (χ0) is 13.1. The third kappa shape index (κ3) is 2.95. The van der Waals surface area contributed by atoms with Crippen molar-refractivity contribution in [2.45, 2.75) is 45.8 Å². The minimum atomic E-state index is 0.323. The Labute approximate surface area is 118 Å². The van der Waals surface area contributed by atoms with Gasteiger partial charge in [0.2, 0.25) is 0 Å². The van der Waals surface area contributed by atoms with Crippen LogP contribution in [0.1, 0.15) is 42.5 Å². The Morgan fingerprint density at radius 3 is 2.78 bits per heavy atom. The zero-order valence-electron chi connectivity index (χ0n) is 11.4. The minimum absolute atomic E-state index is 0.323. The van der Waals surface area contributed by atoms with Crippen molar-refractivity contribution in [1.82, 2.24) is 5.32 Å². The number of hydrogen-bond donors (Lipinski definition) is 1. The molecule has 2 atom stereocenters. The van der Waals surface area contributed by atoms with E-state index in [1.54, 1.807) is 0 Å². The maximum Gasteiger partial charge on any atom is 0.0770 e. The lowest BCUT2D eigenvalue weighted by Gasteiger charge is -2.26. The molecule has 2 nitrogen and oxygen atoms in total. The molecule has 1 saturated heterocycles. The van der Waals surface area contributed by atoms with E-state index in [-0.39, 0.29) is 0 Å². The molecule has 100 valence electrons. The molecule has 0 amide bonds.